The minimum Gasteiger partial charge on any atom is -0.490 e. The van der Waals surface area contributed by atoms with Gasteiger partial charge in [0.1, 0.15) is 11.9 Å². The molecule has 0 saturated heterocycles. The standard InChI is InChI=1S/C16H15ClINO/c1-9-6-12-7-10(3-5-15(12)20-9)16(19)11-2-4-14(18)13(17)8-11/h2-5,7-9,16H,6,19H2,1H3. The highest BCUT2D eigenvalue weighted by Gasteiger charge is 2.20. The minimum atomic E-state index is -0.161. The molecule has 4 heteroatoms. The third kappa shape index (κ3) is 2.67. The van der Waals surface area contributed by atoms with Gasteiger partial charge in [-0.1, -0.05) is 29.8 Å². The number of hydrogen-bond donors (Lipinski definition) is 1. The first kappa shape index (κ1) is 14.2. The number of fused-ring (bicyclic) bond motifs is 1. The molecule has 0 radical (unpaired) electrons. The second kappa shape index (κ2) is 5.54. The van der Waals surface area contributed by atoms with Crippen LogP contribution >= 0.6 is 34.2 Å². The summed E-state index contributed by atoms with van der Waals surface area (Å²) in [5, 5.41) is 0.747. The summed E-state index contributed by atoms with van der Waals surface area (Å²) in [6.45, 7) is 2.08. The monoisotopic (exact) mass is 399 g/mol. The molecule has 1 aliphatic heterocycles. The zero-order valence-corrected chi connectivity index (χ0v) is 14.0. The molecule has 0 aromatic heterocycles. The Hall–Kier alpha value is -0.780. The fourth-order valence-electron chi connectivity index (χ4n) is 2.53. The van der Waals surface area contributed by atoms with E-state index >= 15 is 0 Å². The van der Waals surface area contributed by atoms with Crippen molar-refractivity contribution in [3.63, 3.8) is 0 Å². The number of benzene rings is 2. The summed E-state index contributed by atoms with van der Waals surface area (Å²) in [6, 6.07) is 12.0. The lowest BCUT2D eigenvalue weighted by Gasteiger charge is -2.14. The fraction of sp³-hybridized carbons (Fsp3) is 0.250. The average Bonchev–Trinajstić information content (AvgIpc) is 2.80. The van der Waals surface area contributed by atoms with Crippen LogP contribution in [0.15, 0.2) is 36.4 Å². The second-order valence-corrected chi connectivity index (χ2v) is 6.72. The van der Waals surface area contributed by atoms with Crippen LogP contribution in [-0.4, -0.2) is 6.10 Å². The summed E-state index contributed by atoms with van der Waals surface area (Å²) in [7, 11) is 0. The van der Waals surface area contributed by atoms with Gasteiger partial charge in [0, 0.05) is 9.99 Å². The van der Waals surface area contributed by atoms with E-state index in [1.807, 2.05) is 30.3 Å². The number of hydrogen-bond acceptors (Lipinski definition) is 2. The normalized spacial score (nSPS) is 18.5. The zero-order chi connectivity index (χ0) is 14.3. The first-order valence-corrected chi connectivity index (χ1v) is 8.00. The molecule has 2 nitrogen and oxygen atoms in total. The fourth-order valence-corrected chi connectivity index (χ4v) is 3.06. The van der Waals surface area contributed by atoms with Crippen molar-refractivity contribution in [3.8, 4) is 5.75 Å². The maximum atomic E-state index is 6.36. The third-order valence-corrected chi connectivity index (χ3v) is 5.15. The van der Waals surface area contributed by atoms with Gasteiger partial charge in [0.2, 0.25) is 0 Å². The molecule has 2 aromatic carbocycles. The highest BCUT2D eigenvalue weighted by Crippen LogP contribution is 2.33. The van der Waals surface area contributed by atoms with E-state index < -0.39 is 0 Å². The number of rotatable bonds is 2. The van der Waals surface area contributed by atoms with Gasteiger partial charge in [-0.3, -0.25) is 0 Å². The SMILES string of the molecule is CC1Cc2cc(C(N)c3ccc(I)c(Cl)c3)ccc2O1. The lowest BCUT2D eigenvalue weighted by molar-refractivity contribution is 0.254. The zero-order valence-electron chi connectivity index (χ0n) is 11.1. The van der Waals surface area contributed by atoms with E-state index in [0.29, 0.717) is 0 Å². The molecule has 104 valence electrons. The van der Waals surface area contributed by atoms with Crippen LogP contribution in [0.2, 0.25) is 5.02 Å². The van der Waals surface area contributed by atoms with Crippen LogP contribution in [0.25, 0.3) is 0 Å². The van der Waals surface area contributed by atoms with Crippen molar-refractivity contribution >= 4 is 34.2 Å². The van der Waals surface area contributed by atoms with Crippen molar-refractivity contribution in [1.82, 2.24) is 0 Å². The Morgan fingerprint density at radius 2 is 1.95 bits per heavy atom. The van der Waals surface area contributed by atoms with Gasteiger partial charge in [-0.2, -0.15) is 0 Å². The van der Waals surface area contributed by atoms with Crippen molar-refractivity contribution in [1.29, 1.82) is 0 Å². The molecule has 0 spiro atoms. The smallest absolute Gasteiger partial charge is 0.123 e. The molecule has 0 bridgehead atoms. The molecule has 0 aliphatic carbocycles. The van der Waals surface area contributed by atoms with Gasteiger partial charge < -0.3 is 10.5 Å². The highest BCUT2D eigenvalue weighted by molar-refractivity contribution is 14.1. The average molecular weight is 400 g/mol. The lowest BCUT2D eigenvalue weighted by Crippen LogP contribution is -2.12. The van der Waals surface area contributed by atoms with Crippen LogP contribution in [0.4, 0.5) is 0 Å². The molecule has 0 amide bonds. The van der Waals surface area contributed by atoms with Crippen LogP contribution in [0.1, 0.15) is 29.7 Å². The minimum absolute atomic E-state index is 0.161. The molecule has 2 unspecified atom stereocenters. The largest absolute Gasteiger partial charge is 0.490 e. The van der Waals surface area contributed by atoms with Gasteiger partial charge in [-0.25, -0.2) is 0 Å². The van der Waals surface area contributed by atoms with E-state index in [0.717, 1.165) is 31.9 Å². The molecule has 2 atom stereocenters. The van der Waals surface area contributed by atoms with Crippen molar-refractivity contribution < 1.29 is 4.74 Å². The Balaban J connectivity index is 1.93. The van der Waals surface area contributed by atoms with E-state index in [9.17, 15) is 0 Å². The summed E-state index contributed by atoms with van der Waals surface area (Å²) in [5.41, 5.74) is 9.73. The predicted octanol–water partition coefficient (Wildman–Crippen LogP) is 4.32. The summed E-state index contributed by atoms with van der Waals surface area (Å²) in [6.07, 6.45) is 1.20. The second-order valence-electron chi connectivity index (χ2n) is 5.15. The maximum absolute atomic E-state index is 6.36. The van der Waals surface area contributed by atoms with E-state index in [1.165, 1.54) is 5.56 Å². The first-order valence-electron chi connectivity index (χ1n) is 6.54. The third-order valence-electron chi connectivity index (χ3n) is 3.58. The van der Waals surface area contributed by atoms with Crippen LogP contribution < -0.4 is 10.5 Å². The van der Waals surface area contributed by atoms with Crippen LogP contribution in [0.5, 0.6) is 5.75 Å². The van der Waals surface area contributed by atoms with Gasteiger partial charge in [0.05, 0.1) is 11.1 Å². The van der Waals surface area contributed by atoms with Gasteiger partial charge >= 0.3 is 0 Å². The molecule has 2 N–H and O–H groups in total. The molecule has 0 fully saturated rings. The molecule has 3 rings (SSSR count). The summed E-state index contributed by atoms with van der Waals surface area (Å²) in [5.74, 6) is 0.981. The quantitative estimate of drug-likeness (QED) is 0.764. The molecule has 1 heterocycles. The van der Waals surface area contributed by atoms with Crippen LogP contribution in [0, 0.1) is 3.57 Å². The Morgan fingerprint density at radius 3 is 2.70 bits per heavy atom. The molecule has 0 saturated carbocycles. The number of ether oxygens (including phenoxy) is 1. The lowest BCUT2D eigenvalue weighted by atomic mass is 9.97. The summed E-state index contributed by atoms with van der Waals surface area (Å²) >= 11 is 8.39. The molecular formula is C16H15ClINO. The molecule has 2 aromatic rings. The van der Waals surface area contributed by atoms with Gasteiger partial charge in [0.25, 0.3) is 0 Å². The Bertz CT molecular complexity index is 659. The Labute approximate surface area is 137 Å². The number of nitrogens with two attached hydrogens (primary N) is 1. The topological polar surface area (TPSA) is 35.2 Å². The van der Waals surface area contributed by atoms with Gasteiger partial charge in [-0.15, -0.1) is 0 Å². The van der Waals surface area contributed by atoms with Crippen molar-refractivity contribution in [2.45, 2.75) is 25.5 Å². The van der Waals surface area contributed by atoms with E-state index in [-0.39, 0.29) is 12.1 Å². The van der Waals surface area contributed by atoms with Gasteiger partial charge in [0.15, 0.2) is 0 Å². The molecule has 20 heavy (non-hydrogen) atoms. The van der Waals surface area contributed by atoms with Crippen molar-refractivity contribution in [2.24, 2.45) is 5.73 Å². The predicted molar refractivity (Wildman–Crippen MR) is 90.4 cm³/mol. The van der Waals surface area contributed by atoms with Crippen molar-refractivity contribution in [2.75, 3.05) is 0 Å². The summed E-state index contributed by atoms with van der Waals surface area (Å²) in [4.78, 5) is 0. The Morgan fingerprint density at radius 1 is 1.25 bits per heavy atom. The first-order chi connectivity index (χ1) is 9.54. The van der Waals surface area contributed by atoms with E-state index in [4.69, 9.17) is 22.1 Å². The van der Waals surface area contributed by atoms with Crippen molar-refractivity contribution in [3.05, 3.63) is 61.7 Å². The van der Waals surface area contributed by atoms with Crippen LogP contribution in [-0.2, 0) is 6.42 Å². The maximum Gasteiger partial charge on any atom is 0.123 e. The Kier molecular flexibility index (Phi) is 3.93. The van der Waals surface area contributed by atoms with E-state index in [1.54, 1.807) is 0 Å². The molecule has 1 aliphatic rings. The number of halogens is 2. The van der Waals surface area contributed by atoms with E-state index in [2.05, 4.69) is 35.6 Å². The highest BCUT2D eigenvalue weighted by atomic mass is 127. The summed E-state index contributed by atoms with van der Waals surface area (Å²) < 4.78 is 6.76. The van der Waals surface area contributed by atoms with Crippen LogP contribution in [0.3, 0.4) is 0 Å². The van der Waals surface area contributed by atoms with Gasteiger partial charge in [-0.05, 0) is 64.4 Å². The molecular weight excluding hydrogens is 385 g/mol.